The SMILES string of the molecule is CC.Nc1ccc(Nc2ncc(C(F)(F)F)cc2[N+](=O)[O-])cn1. The van der Waals surface area contributed by atoms with Crippen LogP contribution in [0.1, 0.15) is 19.4 Å². The minimum absolute atomic E-state index is 0.232. The Balaban J connectivity index is 0.00000127. The smallest absolute Gasteiger partial charge is 0.384 e. The normalized spacial score (nSPS) is 10.5. The molecule has 0 unspecified atom stereocenters. The number of nitrogen functional groups attached to an aromatic ring is 1. The molecule has 0 radical (unpaired) electrons. The van der Waals surface area contributed by atoms with Crippen molar-refractivity contribution in [3.63, 3.8) is 0 Å². The van der Waals surface area contributed by atoms with E-state index in [1.165, 1.54) is 18.3 Å². The van der Waals surface area contributed by atoms with Crippen LogP contribution in [-0.2, 0) is 6.18 Å². The number of nitrogens with one attached hydrogen (secondary N) is 1. The summed E-state index contributed by atoms with van der Waals surface area (Å²) in [4.78, 5) is 17.1. The van der Waals surface area contributed by atoms with Gasteiger partial charge in [0.05, 0.1) is 22.4 Å². The fourth-order valence-corrected chi connectivity index (χ4v) is 1.46. The Bertz CT molecular complexity index is 674. The van der Waals surface area contributed by atoms with Crippen LogP contribution >= 0.6 is 0 Å². The molecule has 0 bridgehead atoms. The van der Waals surface area contributed by atoms with E-state index in [0.717, 1.165) is 0 Å². The lowest BCUT2D eigenvalue weighted by molar-refractivity contribution is -0.384. The van der Waals surface area contributed by atoms with E-state index in [0.29, 0.717) is 18.0 Å². The number of rotatable bonds is 3. The number of halogens is 3. The zero-order valence-corrected chi connectivity index (χ0v) is 12.3. The van der Waals surface area contributed by atoms with Crippen LogP contribution in [0.15, 0.2) is 30.6 Å². The molecule has 0 spiro atoms. The molecule has 2 aromatic heterocycles. The quantitative estimate of drug-likeness (QED) is 0.656. The zero-order valence-electron chi connectivity index (χ0n) is 12.3. The monoisotopic (exact) mass is 329 g/mol. The Hall–Kier alpha value is -2.91. The fourth-order valence-electron chi connectivity index (χ4n) is 1.46. The molecule has 0 saturated heterocycles. The third kappa shape index (κ3) is 4.80. The van der Waals surface area contributed by atoms with Crippen molar-refractivity contribution in [2.45, 2.75) is 20.0 Å². The number of alkyl halides is 3. The van der Waals surface area contributed by atoms with E-state index in [-0.39, 0.29) is 11.6 Å². The molecular weight excluding hydrogens is 315 g/mol. The van der Waals surface area contributed by atoms with E-state index in [9.17, 15) is 23.3 Å². The number of aromatic nitrogens is 2. The molecule has 0 aliphatic heterocycles. The van der Waals surface area contributed by atoms with Crippen molar-refractivity contribution >= 4 is 23.0 Å². The van der Waals surface area contributed by atoms with E-state index >= 15 is 0 Å². The van der Waals surface area contributed by atoms with Crippen LogP contribution in [0.2, 0.25) is 0 Å². The van der Waals surface area contributed by atoms with E-state index < -0.39 is 22.4 Å². The van der Waals surface area contributed by atoms with Gasteiger partial charge in [-0.05, 0) is 12.1 Å². The first-order chi connectivity index (χ1) is 10.8. The molecule has 124 valence electrons. The lowest BCUT2D eigenvalue weighted by Gasteiger charge is -2.09. The Morgan fingerprint density at radius 1 is 1.22 bits per heavy atom. The van der Waals surface area contributed by atoms with Crippen LogP contribution in [0.5, 0.6) is 0 Å². The molecule has 0 amide bonds. The summed E-state index contributed by atoms with van der Waals surface area (Å²) in [5.41, 5.74) is 3.69. The summed E-state index contributed by atoms with van der Waals surface area (Å²) in [6, 6.07) is 3.31. The zero-order chi connectivity index (χ0) is 17.6. The molecule has 23 heavy (non-hydrogen) atoms. The van der Waals surface area contributed by atoms with Gasteiger partial charge in [0.15, 0.2) is 0 Å². The fraction of sp³-hybridized carbons (Fsp3) is 0.231. The minimum Gasteiger partial charge on any atom is -0.384 e. The summed E-state index contributed by atoms with van der Waals surface area (Å²) in [6.07, 6.45) is -2.92. The lowest BCUT2D eigenvalue weighted by Crippen LogP contribution is -2.08. The predicted molar refractivity (Wildman–Crippen MR) is 79.2 cm³/mol. The maximum absolute atomic E-state index is 12.5. The average molecular weight is 329 g/mol. The summed E-state index contributed by atoms with van der Waals surface area (Å²) < 4.78 is 37.6. The van der Waals surface area contributed by atoms with E-state index in [2.05, 4.69) is 15.3 Å². The molecule has 2 aromatic rings. The average Bonchev–Trinajstić information content (AvgIpc) is 2.50. The maximum atomic E-state index is 12.5. The highest BCUT2D eigenvalue weighted by Crippen LogP contribution is 2.34. The second-order valence-electron chi connectivity index (χ2n) is 3.94. The summed E-state index contributed by atoms with van der Waals surface area (Å²) in [6.45, 7) is 4.00. The van der Waals surface area contributed by atoms with Gasteiger partial charge in [0.2, 0.25) is 5.82 Å². The van der Waals surface area contributed by atoms with Gasteiger partial charge in [-0.3, -0.25) is 10.1 Å². The van der Waals surface area contributed by atoms with Crippen molar-refractivity contribution in [2.24, 2.45) is 0 Å². The second kappa shape index (κ2) is 7.38. The summed E-state index contributed by atoms with van der Waals surface area (Å²) >= 11 is 0. The largest absolute Gasteiger partial charge is 0.418 e. The molecule has 2 heterocycles. The lowest BCUT2D eigenvalue weighted by atomic mass is 10.2. The third-order valence-corrected chi connectivity index (χ3v) is 2.44. The molecule has 0 aliphatic rings. The molecular formula is C13H14F3N5O2. The van der Waals surface area contributed by atoms with Gasteiger partial charge < -0.3 is 11.1 Å². The number of hydrogen-bond acceptors (Lipinski definition) is 6. The van der Waals surface area contributed by atoms with Gasteiger partial charge in [-0.15, -0.1) is 0 Å². The topological polar surface area (TPSA) is 107 Å². The molecule has 3 N–H and O–H groups in total. The van der Waals surface area contributed by atoms with Crippen molar-refractivity contribution in [3.8, 4) is 0 Å². The number of hydrogen-bond donors (Lipinski definition) is 2. The highest BCUT2D eigenvalue weighted by atomic mass is 19.4. The molecule has 0 atom stereocenters. The summed E-state index contributed by atoms with van der Waals surface area (Å²) in [5, 5.41) is 13.4. The van der Waals surface area contributed by atoms with Gasteiger partial charge in [0, 0.05) is 12.3 Å². The first-order valence-corrected chi connectivity index (χ1v) is 6.47. The number of pyridine rings is 2. The second-order valence-corrected chi connectivity index (χ2v) is 3.94. The number of nitrogens with two attached hydrogens (primary N) is 1. The van der Waals surface area contributed by atoms with Crippen molar-refractivity contribution in [1.29, 1.82) is 0 Å². The summed E-state index contributed by atoms with van der Waals surface area (Å²) in [5.74, 6) is -0.0880. The van der Waals surface area contributed by atoms with Crippen LogP contribution in [-0.4, -0.2) is 14.9 Å². The van der Waals surface area contributed by atoms with E-state index in [1.54, 1.807) is 0 Å². The van der Waals surface area contributed by atoms with Gasteiger partial charge in [0.25, 0.3) is 0 Å². The van der Waals surface area contributed by atoms with Crippen LogP contribution in [0.3, 0.4) is 0 Å². The van der Waals surface area contributed by atoms with Crippen LogP contribution < -0.4 is 11.1 Å². The van der Waals surface area contributed by atoms with Gasteiger partial charge in [-0.2, -0.15) is 13.2 Å². The molecule has 7 nitrogen and oxygen atoms in total. The van der Waals surface area contributed by atoms with Crippen LogP contribution in [0.4, 0.5) is 36.2 Å². The van der Waals surface area contributed by atoms with Crippen molar-refractivity contribution < 1.29 is 18.1 Å². The Morgan fingerprint density at radius 3 is 2.35 bits per heavy atom. The number of nitro groups is 1. The first kappa shape index (κ1) is 18.1. The highest BCUT2D eigenvalue weighted by Gasteiger charge is 2.33. The van der Waals surface area contributed by atoms with Crippen LogP contribution in [0, 0.1) is 10.1 Å². The van der Waals surface area contributed by atoms with Crippen LogP contribution in [0.25, 0.3) is 0 Å². The van der Waals surface area contributed by atoms with Gasteiger partial charge in [-0.1, -0.05) is 13.8 Å². The first-order valence-electron chi connectivity index (χ1n) is 6.47. The third-order valence-electron chi connectivity index (χ3n) is 2.44. The Kier molecular flexibility index (Phi) is 5.82. The van der Waals surface area contributed by atoms with Gasteiger partial charge >= 0.3 is 11.9 Å². The summed E-state index contributed by atoms with van der Waals surface area (Å²) in [7, 11) is 0. The molecule has 2 rings (SSSR count). The van der Waals surface area contributed by atoms with E-state index in [4.69, 9.17) is 5.73 Å². The number of anilines is 3. The van der Waals surface area contributed by atoms with Crippen molar-refractivity contribution in [2.75, 3.05) is 11.1 Å². The predicted octanol–water partition coefficient (Wildman–Crippen LogP) is 3.76. The standard InChI is InChI=1S/C11H8F3N5O2.C2H6/c12-11(13,14)6-3-8(19(20)21)10(17-4-6)18-7-1-2-9(15)16-5-7;1-2/h1-5H,(H2,15,16)(H,17,18);1-2H3. The Labute approximate surface area is 129 Å². The molecule has 0 saturated carbocycles. The Morgan fingerprint density at radius 2 is 1.87 bits per heavy atom. The van der Waals surface area contributed by atoms with E-state index in [1.807, 2.05) is 13.8 Å². The van der Waals surface area contributed by atoms with Gasteiger partial charge in [-0.25, -0.2) is 9.97 Å². The number of nitrogens with zero attached hydrogens (tertiary/aromatic N) is 3. The molecule has 0 aromatic carbocycles. The van der Waals surface area contributed by atoms with Crippen molar-refractivity contribution in [1.82, 2.24) is 9.97 Å². The molecule has 10 heteroatoms. The van der Waals surface area contributed by atoms with Gasteiger partial charge in [0.1, 0.15) is 5.82 Å². The highest BCUT2D eigenvalue weighted by molar-refractivity contribution is 5.65. The van der Waals surface area contributed by atoms with Crippen molar-refractivity contribution in [3.05, 3.63) is 46.3 Å². The minimum atomic E-state index is -4.71. The molecule has 0 aliphatic carbocycles. The maximum Gasteiger partial charge on any atom is 0.418 e. The molecule has 0 fully saturated rings.